The molecule has 1 aromatic carbocycles. The van der Waals surface area contributed by atoms with E-state index >= 15 is 0 Å². The van der Waals surface area contributed by atoms with Gasteiger partial charge in [-0.15, -0.1) is 0 Å². The summed E-state index contributed by atoms with van der Waals surface area (Å²) in [6.07, 6.45) is 0. The summed E-state index contributed by atoms with van der Waals surface area (Å²) in [7, 11) is 3.26. The smallest absolute Gasteiger partial charge is 0.319 e. The minimum absolute atomic E-state index is 0.145. The Bertz CT molecular complexity index is 712. The van der Waals surface area contributed by atoms with Crippen LogP contribution >= 0.6 is 0 Å². The summed E-state index contributed by atoms with van der Waals surface area (Å²) in [4.78, 5) is 29.0. The largest absolute Gasteiger partial charge is 0.481 e. The number of halogens is 2. The van der Waals surface area contributed by atoms with E-state index in [-0.39, 0.29) is 31.6 Å². The van der Waals surface area contributed by atoms with Crippen LogP contribution in [0.4, 0.5) is 13.6 Å². The van der Waals surface area contributed by atoms with Crippen molar-refractivity contribution in [3.63, 3.8) is 0 Å². The highest BCUT2D eigenvalue weighted by molar-refractivity contribution is 5.80. The normalized spacial score (nSPS) is 25.9. The Morgan fingerprint density at radius 2 is 2.00 bits per heavy atom. The Morgan fingerprint density at radius 3 is 2.56 bits per heavy atom. The van der Waals surface area contributed by atoms with Crippen molar-refractivity contribution < 1.29 is 23.5 Å². The lowest BCUT2D eigenvalue weighted by Crippen LogP contribution is -2.44. The maximum absolute atomic E-state index is 13.9. The summed E-state index contributed by atoms with van der Waals surface area (Å²) in [5, 5.41) is 9.79. The number of carbonyl (C=O) groups excluding carboxylic acids is 1. The molecule has 2 atom stereocenters. The lowest BCUT2D eigenvalue weighted by molar-refractivity contribution is -0.148. The van der Waals surface area contributed by atoms with Gasteiger partial charge in [-0.3, -0.25) is 9.69 Å². The average molecular weight is 353 g/mol. The maximum Gasteiger partial charge on any atom is 0.319 e. The molecule has 0 bridgehead atoms. The van der Waals surface area contributed by atoms with E-state index in [1.165, 1.54) is 17.0 Å². The number of nitrogens with zero attached hydrogens (tertiary/aromatic N) is 3. The molecule has 0 radical (unpaired) electrons. The van der Waals surface area contributed by atoms with E-state index in [1.807, 2.05) is 4.90 Å². The van der Waals surface area contributed by atoms with Gasteiger partial charge >= 0.3 is 12.0 Å². The fraction of sp³-hybridized carbons (Fsp3) is 0.529. The van der Waals surface area contributed by atoms with Crippen LogP contribution in [0.1, 0.15) is 5.56 Å². The van der Waals surface area contributed by atoms with Crippen molar-refractivity contribution in [3.8, 4) is 0 Å². The number of fused-ring (bicyclic) bond motifs is 1. The zero-order chi connectivity index (χ0) is 18.4. The summed E-state index contributed by atoms with van der Waals surface area (Å²) in [6.45, 7) is 1.43. The number of carbonyl (C=O) groups is 2. The van der Waals surface area contributed by atoms with Crippen molar-refractivity contribution in [2.24, 2.45) is 11.3 Å². The third-order valence-electron chi connectivity index (χ3n) is 5.17. The second-order valence-corrected chi connectivity index (χ2v) is 7.12. The first-order valence-corrected chi connectivity index (χ1v) is 8.09. The minimum atomic E-state index is -1.04. The van der Waals surface area contributed by atoms with Crippen molar-refractivity contribution in [2.45, 2.75) is 6.54 Å². The van der Waals surface area contributed by atoms with Gasteiger partial charge in [-0.25, -0.2) is 13.6 Å². The molecule has 2 aliphatic heterocycles. The van der Waals surface area contributed by atoms with Gasteiger partial charge in [0.25, 0.3) is 0 Å². The molecule has 2 amide bonds. The lowest BCUT2D eigenvalue weighted by Gasteiger charge is -2.27. The molecule has 6 nitrogen and oxygen atoms in total. The molecule has 2 aliphatic rings. The van der Waals surface area contributed by atoms with E-state index in [4.69, 9.17) is 0 Å². The van der Waals surface area contributed by atoms with Crippen LogP contribution in [0, 0.1) is 23.0 Å². The molecule has 1 aromatic rings. The molecule has 0 spiro atoms. The standard InChI is InChI=1S/C17H21F2N3O3/c1-20(2)16(25)22-8-12-7-21(9-17(12,10-22)15(23)24)6-11-3-4-13(18)5-14(11)19/h3-5,12H,6-10H2,1-2H3,(H,23,24)/t12-,17-/m1/s1. The fourth-order valence-electron chi connectivity index (χ4n) is 3.91. The summed E-state index contributed by atoms with van der Waals surface area (Å²) >= 11 is 0. The van der Waals surface area contributed by atoms with Gasteiger partial charge in [0.1, 0.15) is 17.0 Å². The predicted octanol–water partition coefficient (Wildman–Crippen LogP) is 1.46. The van der Waals surface area contributed by atoms with Gasteiger partial charge in [0.05, 0.1) is 0 Å². The highest BCUT2D eigenvalue weighted by Crippen LogP contribution is 2.43. The van der Waals surface area contributed by atoms with Crippen LogP contribution in [0.25, 0.3) is 0 Å². The van der Waals surface area contributed by atoms with Gasteiger partial charge in [-0.1, -0.05) is 6.07 Å². The average Bonchev–Trinajstić information content (AvgIpc) is 3.04. The van der Waals surface area contributed by atoms with Crippen LogP contribution in [0.15, 0.2) is 18.2 Å². The first-order valence-electron chi connectivity index (χ1n) is 8.09. The number of likely N-dealkylation sites (tertiary alicyclic amines) is 2. The van der Waals surface area contributed by atoms with E-state index in [0.29, 0.717) is 18.7 Å². The molecule has 25 heavy (non-hydrogen) atoms. The van der Waals surface area contributed by atoms with Crippen LogP contribution in [0.3, 0.4) is 0 Å². The molecule has 0 aromatic heterocycles. The third kappa shape index (κ3) is 3.06. The zero-order valence-electron chi connectivity index (χ0n) is 14.2. The Balaban J connectivity index is 1.75. The molecule has 136 valence electrons. The number of carboxylic acids is 1. The van der Waals surface area contributed by atoms with Gasteiger partial charge in [0.2, 0.25) is 0 Å². The monoisotopic (exact) mass is 353 g/mol. The summed E-state index contributed by atoms with van der Waals surface area (Å²) in [5.41, 5.74) is -0.703. The number of aliphatic carboxylic acids is 1. The molecule has 0 aliphatic carbocycles. The second-order valence-electron chi connectivity index (χ2n) is 7.12. The second kappa shape index (κ2) is 6.25. The van der Waals surface area contributed by atoms with Crippen molar-refractivity contribution in [1.82, 2.24) is 14.7 Å². The lowest BCUT2D eigenvalue weighted by atomic mass is 9.81. The number of urea groups is 1. The molecule has 3 rings (SSSR count). The molecule has 2 fully saturated rings. The number of rotatable bonds is 3. The van der Waals surface area contributed by atoms with Crippen molar-refractivity contribution in [1.29, 1.82) is 0 Å². The van der Waals surface area contributed by atoms with Gasteiger partial charge < -0.3 is 14.9 Å². The van der Waals surface area contributed by atoms with E-state index in [2.05, 4.69) is 0 Å². The summed E-state index contributed by atoms with van der Waals surface area (Å²) < 4.78 is 26.9. The molecule has 2 heterocycles. The van der Waals surface area contributed by atoms with Gasteiger partial charge in [0.15, 0.2) is 0 Å². The van der Waals surface area contributed by atoms with Crippen LogP contribution in [0.2, 0.25) is 0 Å². The fourth-order valence-corrected chi connectivity index (χ4v) is 3.91. The summed E-state index contributed by atoms with van der Waals surface area (Å²) in [6, 6.07) is 3.20. The Kier molecular flexibility index (Phi) is 4.40. The van der Waals surface area contributed by atoms with Crippen molar-refractivity contribution in [3.05, 3.63) is 35.4 Å². The Labute approximate surface area is 144 Å². The van der Waals surface area contributed by atoms with Gasteiger partial charge in [-0.2, -0.15) is 0 Å². The van der Waals surface area contributed by atoms with E-state index < -0.39 is 23.0 Å². The van der Waals surface area contributed by atoms with Crippen LogP contribution in [-0.2, 0) is 11.3 Å². The number of carboxylic acid groups (broad SMARTS) is 1. The minimum Gasteiger partial charge on any atom is -0.481 e. The predicted molar refractivity (Wildman–Crippen MR) is 85.8 cm³/mol. The SMILES string of the molecule is CN(C)C(=O)N1C[C@H]2CN(Cc3ccc(F)cc3F)C[C@@]2(C(=O)O)C1. The number of amides is 2. The molecule has 8 heteroatoms. The number of hydrogen-bond donors (Lipinski definition) is 1. The first kappa shape index (κ1) is 17.6. The van der Waals surface area contributed by atoms with Crippen molar-refractivity contribution in [2.75, 3.05) is 40.3 Å². The number of benzene rings is 1. The molecule has 1 N–H and O–H groups in total. The molecule has 2 saturated heterocycles. The molecule has 0 saturated carbocycles. The van der Waals surface area contributed by atoms with Crippen LogP contribution in [-0.4, -0.2) is 72.1 Å². The van der Waals surface area contributed by atoms with E-state index in [9.17, 15) is 23.5 Å². The van der Waals surface area contributed by atoms with Crippen molar-refractivity contribution >= 4 is 12.0 Å². The van der Waals surface area contributed by atoms with Gasteiger partial charge in [-0.05, 0) is 6.07 Å². The highest BCUT2D eigenvalue weighted by atomic mass is 19.1. The quantitative estimate of drug-likeness (QED) is 0.894. The third-order valence-corrected chi connectivity index (χ3v) is 5.17. The van der Waals surface area contributed by atoms with Crippen LogP contribution < -0.4 is 0 Å². The Morgan fingerprint density at radius 1 is 1.28 bits per heavy atom. The number of hydrogen-bond acceptors (Lipinski definition) is 3. The Hall–Kier alpha value is -2.22. The van der Waals surface area contributed by atoms with E-state index in [0.717, 1.165) is 6.07 Å². The topological polar surface area (TPSA) is 64.1 Å². The first-order chi connectivity index (χ1) is 11.7. The van der Waals surface area contributed by atoms with Crippen LogP contribution in [0.5, 0.6) is 0 Å². The molecule has 0 unspecified atom stereocenters. The van der Waals surface area contributed by atoms with E-state index in [1.54, 1.807) is 19.0 Å². The highest BCUT2D eigenvalue weighted by Gasteiger charge is 2.58. The molecular formula is C17H21F2N3O3. The molecular weight excluding hydrogens is 332 g/mol. The van der Waals surface area contributed by atoms with Gasteiger partial charge in [0, 0.05) is 64.4 Å². The summed E-state index contributed by atoms with van der Waals surface area (Å²) in [5.74, 6) is -2.42. The maximum atomic E-state index is 13.9. The zero-order valence-corrected chi connectivity index (χ0v) is 14.2.